The highest BCUT2D eigenvalue weighted by atomic mass is 127. The third kappa shape index (κ3) is 5.66. The predicted molar refractivity (Wildman–Crippen MR) is 103 cm³/mol. The van der Waals surface area contributed by atoms with Crippen molar-refractivity contribution in [2.24, 2.45) is 10.7 Å². The second-order valence-electron chi connectivity index (χ2n) is 5.70. The molecule has 1 fully saturated rings. The third-order valence-corrected chi connectivity index (χ3v) is 4.08. The van der Waals surface area contributed by atoms with Crippen LogP contribution in [0.4, 0.5) is 0 Å². The summed E-state index contributed by atoms with van der Waals surface area (Å²) in [5, 5.41) is 0. The third-order valence-electron chi connectivity index (χ3n) is 4.08. The molecule has 0 saturated carbocycles. The maximum Gasteiger partial charge on any atom is 0.191 e. The number of rotatable bonds is 4. The van der Waals surface area contributed by atoms with Gasteiger partial charge in [0, 0.05) is 19.6 Å². The molecule has 1 aromatic carbocycles. The van der Waals surface area contributed by atoms with E-state index < -0.39 is 0 Å². The van der Waals surface area contributed by atoms with Crippen LogP contribution in [0.3, 0.4) is 0 Å². The van der Waals surface area contributed by atoms with E-state index in [-0.39, 0.29) is 24.0 Å². The molecule has 0 atom stereocenters. The Labute approximate surface area is 151 Å². The Bertz CT molecular complexity index is 483. The molecule has 0 radical (unpaired) electrons. The molecule has 2 rings (SSSR count). The SMILES string of the molecule is COc1cc(CCN=C(N)N2CCCCCC2)ccc1C.I. The normalized spacial score (nSPS) is 15.9. The first-order valence-electron chi connectivity index (χ1n) is 7.89. The van der Waals surface area contributed by atoms with Gasteiger partial charge in [0.15, 0.2) is 5.96 Å². The van der Waals surface area contributed by atoms with Gasteiger partial charge in [0.05, 0.1) is 7.11 Å². The number of ether oxygens (including phenoxy) is 1. The number of halogens is 1. The molecule has 0 spiro atoms. The molecule has 0 aromatic heterocycles. The van der Waals surface area contributed by atoms with Gasteiger partial charge in [0.2, 0.25) is 0 Å². The van der Waals surface area contributed by atoms with Crippen LogP contribution in [0.2, 0.25) is 0 Å². The summed E-state index contributed by atoms with van der Waals surface area (Å²) in [5.74, 6) is 1.65. The smallest absolute Gasteiger partial charge is 0.191 e. The Hall–Kier alpha value is -0.980. The molecule has 0 bridgehead atoms. The minimum absolute atomic E-state index is 0. The molecule has 0 amide bonds. The van der Waals surface area contributed by atoms with Gasteiger partial charge < -0.3 is 15.4 Å². The van der Waals surface area contributed by atoms with Crippen LogP contribution in [0, 0.1) is 6.92 Å². The van der Waals surface area contributed by atoms with Crippen molar-refractivity contribution in [1.29, 1.82) is 0 Å². The van der Waals surface area contributed by atoms with Crippen LogP contribution in [0.15, 0.2) is 23.2 Å². The fourth-order valence-electron chi connectivity index (χ4n) is 2.72. The van der Waals surface area contributed by atoms with Crippen molar-refractivity contribution in [3.05, 3.63) is 29.3 Å². The first-order valence-corrected chi connectivity index (χ1v) is 7.89. The number of likely N-dealkylation sites (tertiary alicyclic amines) is 1. The second-order valence-corrected chi connectivity index (χ2v) is 5.70. The Balaban J connectivity index is 0.00000242. The highest BCUT2D eigenvalue weighted by Gasteiger charge is 2.10. The summed E-state index contributed by atoms with van der Waals surface area (Å²) in [6.45, 7) is 4.88. The number of methoxy groups -OCH3 is 1. The lowest BCUT2D eigenvalue weighted by molar-refractivity contribution is 0.411. The summed E-state index contributed by atoms with van der Waals surface area (Å²) >= 11 is 0. The molecule has 4 nitrogen and oxygen atoms in total. The highest BCUT2D eigenvalue weighted by Crippen LogP contribution is 2.19. The molecular formula is C17H28IN3O. The second kappa shape index (κ2) is 9.92. The number of nitrogens with two attached hydrogens (primary N) is 1. The molecule has 1 aromatic rings. The minimum atomic E-state index is 0. The van der Waals surface area contributed by atoms with Crippen molar-refractivity contribution in [3.8, 4) is 5.75 Å². The summed E-state index contributed by atoms with van der Waals surface area (Å²) in [5.41, 5.74) is 8.52. The van der Waals surface area contributed by atoms with Crippen LogP contribution in [-0.4, -0.2) is 37.6 Å². The number of guanidine groups is 1. The fourth-order valence-corrected chi connectivity index (χ4v) is 2.72. The van der Waals surface area contributed by atoms with Crippen molar-refractivity contribution < 1.29 is 4.74 Å². The van der Waals surface area contributed by atoms with Gasteiger partial charge in [0.25, 0.3) is 0 Å². The zero-order valence-corrected chi connectivity index (χ0v) is 16.0. The van der Waals surface area contributed by atoms with E-state index in [0.29, 0.717) is 5.96 Å². The molecule has 1 aliphatic heterocycles. The van der Waals surface area contributed by atoms with E-state index in [1.165, 1.54) is 31.2 Å². The Morgan fingerprint density at radius 2 is 1.91 bits per heavy atom. The summed E-state index contributed by atoms with van der Waals surface area (Å²) in [4.78, 5) is 6.77. The van der Waals surface area contributed by atoms with Gasteiger partial charge in [-0.3, -0.25) is 4.99 Å². The predicted octanol–water partition coefficient (Wildman–Crippen LogP) is 3.35. The van der Waals surface area contributed by atoms with Crippen LogP contribution in [0.1, 0.15) is 36.8 Å². The van der Waals surface area contributed by atoms with Gasteiger partial charge in [-0.25, -0.2) is 0 Å². The zero-order valence-electron chi connectivity index (χ0n) is 13.7. The van der Waals surface area contributed by atoms with Gasteiger partial charge in [0.1, 0.15) is 5.75 Å². The van der Waals surface area contributed by atoms with E-state index in [2.05, 4.69) is 35.0 Å². The van der Waals surface area contributed by atoms with Crippen LogP contribution < -0.4 is 10.5 Å². The van der Waals surface area contributed by atoms with E-state index in [1.807, 2.05) is 0 Å². The first kappa shape index (κ1) is 19.1. The van der Waals surface area contributed by atoms with E-state index in [1.54, 1.807) is 7.11 Å². The van der Waals surface area contributed by atoms with E-state index in [4.69, 9.17) is 10.5 Å². The number of aliphatic imine (C=N–C) groups is 1. The Morgan fingerprint density at radius 3 is 2.55 bits per heavy atom. The molecule has 124 valence electrons. The van der Waals surface area contributed by atoms with E-state index >= 15 is 0 Å². The summed E-state index contributed by atoms with van der Waals surface area (Å²) in [6.07, 6.45) is 5.97. The fraction of sp³-hybridized carbons (Fsp3) is 0.588. The molecule has 2 N–H and O–H groups in total. The zero-order chi connectivity index (χ0) is 15.1. The number of benzene rings is 1. The Morgan fingerprint density at radius 1 is 1.23 bits per heavy atom. The van der Waals surface area contributed by atoms with Gasteiger partial charge in [-0.2, -0.15) is 0 Å². The lowest BCUT2D eigenvalue weighted by atomic mass is 10.1. The molecule has 22 heavy (non-hydrogen) atoms. The monoisotopic (exact) mass is 417 g/mol. The van der Waals surface area contributed by atoms with Gasteiger partial charge in [-0.15, -0.1) is 24.0 Å². The number of aryl methyl sites for hydroxylation is 1. The lowest BCUT2D eigenvalue weighted by Crippen LogP contribution is -2.38. The van der Waals surface area contributed by atoms with Crippen molar-refractivity contribution in [3.63, 3.8) is 0 Å². The van der Waals surface area contributed by atoms with E-state index in [0.717, 1.165) is 37.4 Å². The topological polar surface area (TPSA) is 50.9 Å². The van der Waals surface area contributed by atoms with E-state index in [9.17, 15) is 0 Å². The summed E-state index contributed by atoms with van der Waals surface area (Å²) in [7, 11) is 1.71. The molecule has 1 aliphatic rings. The van der Waals surface area contributed by atoms with Crippen molar-refractivity contribution in [2.75, 3.05) is 26.7 Å². The quantitative estimate of drug-likeness (QED) is 0.465. The Kier molecular flexibility index (Phi) is 8.60. The molecule has 5 heteroatoms. The number of hydrogen-bond acceptors (Lipinski definition) is 2. The summed E-state index contributed by atoms with van der Waals surface area (Å²) < 4.78 is 5.35. The molecule has 0 unspecified atom stereocenters. The molecular weight excluding hydrogens is 389 g/mol. The minimum Gasteiger partial charge on any atom is -0.496 e. The van der Waals surface area contributed by atoms with Crippen LogP contribution >= 0.6 is 24.0 Å². The van der Waals surface area contributed by atoms with Crippen molar-refractivity contribution >= 4 is 29.9 Å². The number of nitrogens with zero attached hydrogens (tertiary/aromatic N) is 2. The van der Waals surface area contributed by atoms with Crippen molar-refractivity contribution in [1.82, 2.24) is 4.90 Å². The van der Waals surface area contributed by atoms with Gasteiger partial charge in [-0.05, 0) is 43.4 Å². The highest BCUT2D eigenvalue weighted by molar-refractivity contribution is 14.0. The average Bonchev–Trinajstić information content (AvgIpc) is 2.78. The summed E-state index contributed by atoms with van der Waals surface area (Å²) in [6, 6.07) is 6.32. The standard InChI is InChI=1S/C17H27N3O.HI/c1-14-7-8-15(13-16(14)21-2)9-10-19-17(18)20-11-5-3-4-6-12-20;/h7-8,13H,3-6,9-12H2,1-2H3,(H2,18,19);1H. The van der Waals surface area contributed by atoms with Crippen molar-refractivity contribution in [2.45, 2.75) is 39.0 Å². The average molecular weight is 417 g/mol. The maximum atomic E-state index is 6.11. The molecule has 0 aliphatic carbocycles. The van der Waals surface area contributed by atoms with Gasteiger partial charge >= 0.3 is 0 Å². The first-order chi connectivity index (χ1) is 10.2. The van der Waals surface area contributed by atoms with Gasteiger partial charge in [-0.1, -0.05) is 25.0 Å². The largest absolute Gasteiger partial charge is 0.496 e. The number of hydrogen-bond donors (Lipinski definition) is 1. The maximum absolute atomic E-state index is 6.11. The molecule has 1 saturated heterocycles. The molecule has 1 heterocycles. The van der Waals surface area contributed by atoms with Crippen LogP contribution in [-0.2, 0) is 6.42 Å². The van der Waals surface area contributed by atoms with Crippen LogP contribution in [0.5, 0.6) is 5.75 Å². The van der Waals surface area contributed by atoms with Crippen LogP contribution in [0.25, 0.3) is 0 Å². The lowest BCUT2D eigenvalue weighted by Gasteiger charge is -2.21.